The van der Waals surface area contributed by atoms with Gasteiger partial charge in [-0.3, -0.25) is 0 Å². The minimum Gasteiger partial charge on any atom is -0.398 e. The van der Waals surface area contributed by atoms with E-state index in [4.69, 9.17) is 9.31 Å². The van der Waals surface area contributed by atoms with Crippen LogP contribution in [0.1, 0.15) is 52.2 Å². The lowest BCUT2D eigenvalue weighted by molar-refractivity contribution is 0.00578. The minimum atomic E-state index is -2.88. The number of alkyl halides is 2. The van der Waals surface area contributed by atoms with Crippen molar-refractivity contribution in [3.05, 3.63) is 47.2 Å². The molecule has 0 bridgehead atoms. The third kappa shape index (κ3) is 4.22. The van der Waals surface area contributed by atoms with Crippen molar-refractivity contribution in [2.45, 2.75) is 64.6 Å². The second-order valence-electron chi connectivity index (χ2n) is 7.30. The fraction of sp³-hybridized carbons (Fsp3) is 0.556. The molecule has 2 rings (SSSR count). The Balaban J connectivity index is 1.98. The molecule has 24 heavy (non-hydrogen) atoms. The Kier molecular flexibility index (Phi) is 5.21. The number of hydrogen-bond donors (Lipinski definition) is 0. The van der Waals surface area contributed by atoms with Crippen molar-refractivity contribution in [1.82, 2.24) is 0 Å². The molecule has 2 nitrogen and oxygen atoms in total. The Hall–Kier alpha value is -1.27. The molecule has 0 amide bonds. The Morgan fingerprint density at radius 1 is 1.17 bits per heavy atom. The van der Waals surface area contributed by atoms with Gasteiger partial charge in [-0.15, -0.1) is 0 Å². The summed E-state index contributed by atoms with van der Waals surface area (Å²) in [7, 11) is -1.01. The summed E-state index contributed by atoms with van der Waals surface area (Å²) >= 11 is 0. The molecule has 0 spiro atoms. The van der Waals surface area contributed by atoms with Crippen molar-refractivity contribution in [1.29, 1.82) is 0 Å². The molecule has 6 heteroatoms. The van der Waals surface area contributed by atoms with E-state index in [1.165, 1.54) is 18.2 Å². The van der Waals surface area contributed by atoms with Gasteiger partial charge >= 0.3 is 7.12 Å². The first kappa shape index (κ1) is 19.1. The summed E-state index contributed by atoms with van der Waals surface area (Å²) in [5.41, 5.74) is -0.957. The SMILES string of the molecule is CC(F)(F)c1cccc(CCC=C(F)B2OC(C)(C)C(C)(C)O2)c1. The Bertz CT molecular complexity index is 605. The van der Waals surface area contributed by atoms with E-state index in [9.17, 15) is 13.2 Å². The first-order valence-corrected chi connectivity index (χ1v) is 8.11. The normalized spacial score (nSPS) is 20.5. The number of benzene rings is 1. The van der Waals surface area contributed by atoms with Crippen molar-refractivity contribution >= 4 is 7.12 Å². The molecule has 1 saturated heterocycles. The molecule has 1 aliphatic rings. The fourth-order valence-electron chi connectivity index (χ4n) is 2.43. The van der Waals surface area contributed by atoms with E-state index in [1.54, 1.807) is 12.1 Å². The molecule has 0 radical (unpaired) electrons. The maximum atomic E-state index is 14.3. The second kappa shape index (κ2) is 6.56. The maximum Gasteiger partial charge on any atom is 0.524 e. The molecule has 1 aromatic rings. The fourth-order valence-corrected chi connectivity index (χ4v) is 2.43. The zero-order valence-electron chi connectivity index (χ0n) is 14.8. The third-order valence-electron chi connectivity index (χ3n) is 4.68. The monoisotopic (exact) mass is 340 g/mol. The summed E-state index contributed by atoms with van der Waals surface area (Å²) in [5.74, 6) is -2.88. The summed E-state index contributed by atoms with van der Waals surface area (Å²) in [6.07, 6.45) is 2.25. The minimum absolute atomic E-state index is 0.0320. The van der Waals surface area contributed by atoms with Gasteiger partial charge in [0.15, 0.2) is 0 Å². The molecule has 1 heterocycles. The number of halogens is 3. The van der Waals surface area contributed by atoms with Crippen molar-refractivity contribution < 1.29 is 22.5 Å². The van der Waals surface area contributed by atoms with Crippen LogP contribution in [0.4, 0.5) is 13.2 Å². The molecular formula is C18H24BF3O2. The largest absolute Gasteiger partial charge is 0.524 e. The van der Waals surface area contributed by atoms with Crippen molar-refractivity contribution in [2.24, 2.45) is 0 Å². The zero-order valence-corrected chi connectivity index (χ0v) is 14.8. The van der Waals surface area contributed by atoms with Crippen LogP contribution in [0, 0.1) is 0 Å². The first-order chi connectivity index (χ1) is 10.9. The van der Waals surface area contributed by atoms with Gasteiger partial charge in [0, 0.05) is 12.5 Å². The predicted molar refractivity (Wildman–Crippen MR) is 89.6 cm³/mol. The van der Waals surface area contributed by atoms with Gasteiger partial charge in [-0.25, -0.2) is 13.2 Å². The maximum absolute atomic E-state index is 14.3. The molecule has 0 saturated carbocycles. The Labute approximate surface area is 142 Å². The van der Waals surface area contributed by atoms with E-state index in [2.05, 4.69) is 0 Å². The summed E-state index contributed by atoms with van der Waals surface area (Å²) in [6, 6.07) is 6.21. The number of aryl methyl sites for hydroxylation is 1. The van der Waals surface area contributed by atoms with Crippen LogP contribution >= 0.6 is 0 Å². The van der Waals surface area contributed by atoms with Crippen molar-refractivity contribution in [3.63, 3.8) is 0 Å². The number of allylic oxidation sites excluding steroid dienone is 1. The van der Waals surface area contributed by atoms with Gasteiger partial charge in [0.25, 0.3) is 5.92 Å². The molecule has 0 unspecified atom stereocenters. The van der Waals surface area contributed by atoms with E-state index < -0.39 is 30.0 Å². The van der Waals surface area contributed by atoms with Gasteiger partial charge in [-0.1, -0.05) is 24.3 Å². The van der Waals surface area contributed by atoms with Gasteiger partial charge in [0.2, 0.25) is 0 Å². The topological polar surface area (TPSA) is 18.5 Å². The average molecular weight is 340 g/mol. The second-order valence-corrected chi connectivity index (χ2v) is 7.30. The van der Waals surface area contributed by atoms with Crippen LogP contribution < -0.4 is 0 Å². The smallest absolute Gasteiger partial charge is 0.398 e. The predicted octanol–water partition coefficient (Wildman–Crippen LogP) is 5.22. The zero-order chi connectivity index (χ0) is 18.2. The van der Waals surface area contributed by atoms with Crippen LogP contribution in [-0.2, 0) is 21.7 Å². The summed E-state index contributed by atoms with van der Waals surface area (Å²) < 4.78 is 52.2. The lowest BCUT2D eigenvalue weighted by Crippen LogP contribution is -2.41. The van der Waals surface area contributed by atoms with Gasteiger partial charge < -0.3 is 9.31 Å². The van der Waals surface area contributed by atoms with Crippen molar-refractivity contribution in [3.8, 4) is 0 Å². The van der Waals surface area contributed by atoms with Crippen LogP contribution in [0.3, 0.4) is 0 Å². The lowest BCUT2D eigenvalue weighted by Gasteiger charge is -2.32. The molecule has 0 N–H and O–H groups in total. The molecule has 132 valence electrons. The quantitative estimate of drug-likeness (QED) is 0.685. The van der Waals surface area contributed by atoms with Crippen LogP contribution in [-0.4, -0.2) is 18.3 Å². The molecule has 1 fully saturated rings. The Morgan fingerprint density at radius 3 is 2.29 bits per heavy atom. The molecule has 1 aromatic carbocycles. The molecule has 0 atom stereocenters. The van der Waals surface area contributed by atoms with Crippen LogP contribution in [0.2, 0.25) is 0 Å². The summed E-state index contributed by atoms with van der Waals surface area (Å²) in [5, 5.41) is 0. The van der Waals surface area contributed by atoms with E-state index in [0.29, 0.717) is 12.8 Å². The average Bonchev–Trinajstić information content (AvgIpc) is 2.67. The summed E-state index contributed by atoms with van der Waals surface area (Å²) in [4.78, 5) is 0. The molecular weight excluding hydrogens is 316 g/mol. The number of rotatable bonds is 5. The molecule has 1 aliphatic heterocycles. The number of hydrogen-bond acceptors (Lipinski definition) is 2. The lowest BCUT2D eigenvalue weighted by atomic mass is 9.87. The highest BCUT2D eigenvalue weighted by molar-refractivity contribution is 6.53. The van der Waals surface area contributed by atoms with E-state index in [-0.39, 0.29) is 5.56 Å². The van der Waals surface area contributed by atoms with Gasteiger partial charge in [-0.05, 0) is 52.2 Å². The Morgan fingerprint density at radius 2 is 1.75 bits per heavy atom. The van der Waals surface area contributed by atoms with E-state index in [1.807, 2.05) is 27.7 Å². The van der Waals surface area contributed by atoms with Gasteiger partial charge in [-0.2, -0.15) is 0 Å². The highest BCUT2D eigenvalue weighted by Gasteiger charge is 2.52. The van der Waals surface area contributed by atoms with Crippen LogP contribution in [0.15, 0.2) is 36.1 Å². The van der Waals surface area contributed by atoms with Crippen molar-refractivity contribution in [2.75, 3.05) is 0 Å². The van der Waals surface area contributed by atoms with Crippen LogP contribution in [0.25, 0.3) is 0 Å². The van der Waals surface area contributed by atoms with Crippen LogP contribution in [0.5, 0.6) is 0 Å². The highest BCUT2D eigenvalue weighted by atomic mass is 19.3. The van der Waals surface area contributed by atoms with Gasteiger partial charge in [0.1, 0.15) is 5.73 Å². The third-order valence-corrected chi connectivity index (χ3v) is 4.68. The highest BCUT2D eigenvalue weighted by Crippen LogP contribution is 2.38. The first-order valence-electron chi connectivity index (χ1n) is 8.11. The standard InChI is InChI=1S/C18H24BF3O2/c1-16(2)17(3,4)24-19(23-16)15(20)11-7-9-13-8-6-10-14(12-13)18(5,21)22/h6,8,10-12H,7,9H2,1-5H3. The molecule has 0 aliphatic carbocycles. The van der Waals surface area contributed by atoms with E-state index in [0.717, 1.165) is 12.5 Å². The van der Waals surface area contributed by atoms with Gasteiger partial charge in [0.05, 0.1) is 11.2 Å². The van der Waals surface area contributed by atoms with E-state index >= 15 is 0 Å². The molecule has 0 aromatic heterocycles. The summed E-state index contributed by atoms with van der Waals surface area (Å²) in [6.45, 7) is 8.30.